The molecule has 3 heterocycles. The van der Waals surface area contributed by atoms with Crippen LogP contribution in [0.4, 0.5) is 29.3 Å². The summed E-state index contributed by atoms with van der Waals surface area (Å²) < 4.78 is 50.4. The minimum absolute atomic E-state index is 0.00161. The summed E-state index contributed by atoms with van der Waals surface area (Å²) in [4.78, 5) is 25.3. The van der Waals surface area contributed by atoms with Crippen LogP contribution < -0.4 is 9.80 Å². The standard InChI is InChI=1S/C18H13F3N6O3/c19-13-5-14(15(20)16(21)17(13)25-3-1-11(28)2-4-25)27-9-12(30-18(27)29)8-26-7-10(6-22)23-24-26/h1,3,5,7,12H,2,4,8-9H2. The fourth-order valence-corrected chi connectivity index (χ4v) is 3.24. The molecule has 0 saturated carbocycles. The van der Waals surface area contributed by atoms with Crippen LogP contribution in [0.1, 0.15) is 12.1 Å². The minimum Gasteiger partial charge on any atom is -0.442 e. The third-order valence-electron chi connectivity index (χ3n) is 4.65. The average Bonchev–Trinajstić information content (AvgIpc) is 3.32. The predicted molar refractivity (Wildman–Crippen MR) is 94.8 cm³/mol. The second-order valence-electron chi connectivity index (χ2n) is 6.63. The third kappa shape index (κ3) is 3.45. The lowest BCUT2D eigenvalue weighted by atomic mass is 10.1. The van der Waals surface area contributed by atoms with Gasteiger partial charge in [0.05, 0.1) is 25.0 Å². The van der Waals surface area contributed by atoms with Crippen LogP contribution in [-0.2, 0) is 16.1 Å². The number of hydrogen-bond donors (Lipinski definition) is 0. The van der Waals surface area contributed by atoms with Gasteiger partial charge in [0.1, 0.15) is 17.9 Å². The predicted octanol–water partition coefficient (Wildman–Crippen LogP) is 1.89. The Morgan fingerprint density at radius 3 is 2.73 bits per heavy atom. The van der Waals surface area contributed by atoms with E-state index in [-0.39, 0.29) is 37.5 Å². The average molecular weight is 418 g/mol. The lowest BCUT2D eigenvalue weighted by Crippen LogP contribution is -2.29. The number of aromatic nitrogens is 3. The number of nitriles is 1. The molecule has 1 fully saturated rings. The summed E-state index contributed by atoms with van der Waals surface area (Å²) in [5.74, 6) is -4.18. The normalized spacial score (nSPS) is 18.7. The van der Waals surface area contributed by atoms with Gasteiger partial charge in [0, 0.05) is 25.2 Å². The molecular weight excluding hydrogens is 405 g/mol. The molecule has 2 aliphatic heterocycles. The van der Waals surface area contributed by atoms with Crippen molar-refractivity contribution in [3.8, 4) is 6.07 Å². The Labute approximate surface area is 167 Å². The molecule has 1 saturated heterocycles. The van der Waals surface area contributed by atoms with Crippen molar-refractivity contribution in [3.05, 3.63) is 47.7 Å². The first kappa shape index (κ1) is 19.4. The topological polar surface area (TPSA) is 104 Å². The maximum absolute atomic E-state index is 14.7. The summed E-state index contributed by atoms with van der Waals surface area (Å²) in [6.07, 6.45) is 1.93. The van der Waals surface area contributed by atoms with Crippen LogP contribution in [0.5, 0.6) is 0 Å². The first-order valence-corrected chi connectivity index (χ1v) is 8.81. The van der Waals surface area contributed by atoms with E-state index in [0.717, 1.165) is 15.9 Å². The molecule has 1 unspecified atom stereocenters. The lowest BCUT2D eigenvalue weighted by molar-refractivity contribution is -0.114. The molecule has 1 aromatic carbocycles. The highest BCUT2D eigenvalue weighted by Crippen LogP contribution is 2.35. The molecule has 0 radical (unpaired) electrons. The van der Waals surface area contributed by atoms with Crippen LogP contribution in [0.2, 0.25) is 0 Å². The molecule has 1 atom stereocenters. The number of carbonyl (C=O) groups is 2. The van der Waals surface area contributed by atoms with E-state index >= 15 is 0 Å². The number of carbonyl (C=O) groups excluding carboxylic acids is 2. The van der Waals surface area contributed by atoms with Crippen molar-refractivity contribution in [1.29, 1.82) is 5.26 Å². The number of anilines is 2. The van der Waals surface area contributed by atoms with Gasteiger partial charge in [-0.05, 0) is 6.08 Å². The number of halogens is 3. The Bertz CT molecular complexity index is 1110. The van der Waals surface area contributed by atoms with Crippen LogP contribution in [0.3, 0.4) is 0 Å². The first-order valence-electron chi connectivity index (χ1n) is 8.81. The van der Waals surface area contributed by atoms with Crippen molar-refractivity contribution >= 4 is 23.3 Å². The molecule has 30 heavy (non-hydrogen) atoms. The zero-order chi connectivity index (χ0) is 21.4. The maximum atomic E-state index is 14.7. The summed E-state index contributed by atoms with van der Waals surface area (Å²) in [6, 6.07) is 2.51. The number of benzene rings is 1. The molecule has 154 valence electrons. The highest BCUT2D eigenvalue weighted by Gasteiger charge is 2.36. The van der Waals surface area contributed by atoms with Crippen molar-refractivity contribution in [2.24, 2.45) is 0 Å². The monoisotopic (exact) mass is 418 g/mol. The van der Waals surface area contributed by atoms with Crippen molar-refractivity contribution < 1.29 is 27.5 Å². The van der Waals surface area contributed by atoms with Gasteiger partial charge in [-0.2, -0.15) is 5.26 Å². The molecule has 0 aliphatic carbocycles. The molecule has 1 aromatic heterocycles. The van der Waals surface area contributed by atoms with E-state index in [1.807, 2.05) is 0 Å². The number of amides is 1. The minimum atomic E-state index is -1.48. The van der Waals surface area contributed by atoms with Gasteiger partial charge >= 0.3 is 6.09 Å². The van der Waals surface area contributed by atoms with Gasteiger partial charge in [0.15, 0.2) is 28.9 Å². The lowest BCUT2D eigenvalue weighted by Gasteiger charge is -2.25. The van der Waals surface area contributed by atoms with E-state index in [1.165, 1.54) is 17.1 Å². The van der Waals surface area contributed by atoms with Crippen molar-refractivity contribution in [3.63, 3.8) is 0 Å². The summed E-state index contributed by atoms with van der Waals surface area (Å²) in [5.41, 5.74) is -1.18. The van der Waals surface area contributed by atoms with Gasteiger partial charge in [-0.25, -0.2) is 22.6 Å². The van der Waals surface area contributed by atoms with E-state index in [2.05, 4.69) is 10.3 Å². The number of allylic oxidation sites excluding steroid dienone is 1. The Balaban J connectivity index is 1.58. The number of ether oxygens (including phenoxy) is 1. The molecule has 0 spiro atoms. The summed E-state index contributed by atoms with van der Waals surface area (Å²) in [7, 11) is 0. The van der Waals surface area contributed by atoms with E-state index in [9.17, 15) is 22.8 Å². The summed E-state index contributed by atoms with van der Waals surface area (Å²) in [6.45, 7) is -0.166. The Morgan fingerprint density at radius 2 is 2.07 bits per heavy atom. The Hall–Kier alpha value is -3.88. The van der Waals surface area contributed by atoms with Gasteiger partial charge in [-0.1, -0.05) is 5.21 Å². The largest absolute Gasteiger partial charge is 0.442 e. The van der Waals surface area contributed by atoms with Gasteiger partial charge in [-0.15, -0.1) is 5.10 Å². The van der Waals surface area contributed by atoms with E-state index in [1.54, 1.807) is 6.07 Å². The summed E-state index contributed by atoms with van der Waals surface area (Å²) >= 11 is 0. The Kier molecular flexibility index (Phi) is 4.86. The molecule has 9 nitrogen and oxygen atoms in total. The van der Waals surface area contributed by atoms with Crippen LogP contribution in [-0.4, -0.2) is 46.1 Å². The number of hydrogen-bond acceptors (Lipinski definition) is 7. The van der Waals surface area contributed by atoms with E-state index in [0.29, 0.717) is 6.07 Å². The molecule has 4 rings (SSSR count). The smallest absolute Gasteiger partial charge is 0.414 e. The maximum Gasteiger partial charge on any atom is 0.414 e. The third-order valence-corrected chi connectivity index (χ3v) is 4.65. The molecule has 12 heteroatoms. The molecule has 2 aromatic rings. The second-order valence-corrected chi connectivity index (χ2v) is 6.63. The van der Waals surface area contributed by atoms with Crippen LogP contribution in [0.15, 0.2) is 24.5 Å². The number of ketones is 1. The van der Waals surface area contributed by atoms with Gasteiger partial charge in [0.2, 0.25) is 0 Å². The molecule has 2 aliphatic rings. The zero-order valence-corrected chi connectivity index (χ0v) is 15.3. The van der Waals surface area contributed by atoms with Crippen LogP contribution >= 0.6 is 0 Å². The summed E-state index contributed by atoms with van der Waals surface area (Å²) in [5, 5.41) is 16.0. The fourth-order valence-electron chi connectivity index (χ4n) is 3.24. The van der Waals surface area contributed by atoms with Gasteiger partial charge in [-0.3, -0.25) is 9.69 Å². The van der Waals surface area contributed by atoms with E-state index in [4.69, 9.17) is 10.00 Å². The molecular formula is C18H13F3N6O3. The van der Waals surface area contributed by atoms with E-state index < -0.39 is 41.0 Å². The molecule has 1 amide bonds. The van der Waals surface area contributed by atoms with Crippen LogP contribution in [0.25, 0.3) is 0 Å². The first-order chi connectivity index (χ1) is 14.4. The van der Waals surface area contributed by atoms with Crippen LogP contribution in [0, 0.1) is 28.8 Å². The van der Waals surface area contributed by atoms with Gasteiger partial charge < -0.3 is 9.64 Å². The van der Waals surface area contributed by atoms with Crippen molar-refractivity contribution in [2.75, 3.05) is 22.9 Å². The number of cyclic esters (lactones) is 1. The SMILES string of the molecule is N#Cc1cn(CC2CN(c3cc(F)c(N4C=CC(=O)CC4)c(F)c3F)C(=O)O2)nn1. The van der Waals surface area contributed by atoms with Gasteiger partial charge in [0.25, 0.3) is 0 Å². The number of nitrogens with zero attached hydrogens (tertiary/aromatic N) is 6. The highest BCUT2D eigenvalue weighted by molar-refractivity contribution is 5.92. The fraction of sp³-hybridized carbons (Fsp3) is 0.278. The number of rotatable bonds is 4. The highest BCUT2D eigenvalue weighted by atomic mass is 19.2. The second kappa shape index (κ2) is 7.51. The van der Waals surface area contributed by atoms with Crippen molar-refractivity contribution in [1.82, 2.24) is 15.0 Å². The zero-order valence-electron chi connectivity index (χ0n) is 15.3. The molecule has 0 N–H and O–H groups in total. The van der Waals surface area contributed by atoms with Crippen molar-refractivity contribution in [2.45, 2.75) is 19.1 Å². The molecule has 0 bridgehead atoms. The Morgan fingerprint density at radius 1 is 1.27 bits per heavy atom. The quantitative estimate of drug-likeness (QED) is 0.699.